The molecule has 0 radical (unpaired) electrons. The Balaban J connectivity index is 2.33. The Kier molecular flexibility index (Phi) is 3.77. The largest absolute Gasteiger partial charge is 0.318 e. The molecule has 2 nitrogen and oxygen atoms in total. The van der Waals surface area contributed by atoms with Gasteiger partial charge < -0.3 is 5.73 Å². The number of rotatable bonds is 4. The molecule has 0 aliphatic rings. The highest BCUT2D eigenvalue weighted by molar-refractivity contribution is 5.14. The fraction of sp³-hybridized carbons (Fsp3) is 0.400. The summed E-state index contributed by atoms with van der Waals surface area (Å²) in [5.41, 5.74) is 6.84. The second-order valence-electron chi connectivity index (χ2n) is 3.00. The Morgan fingerprint density at radius 3 is 2.50 bits per heavy atom. The van der Waals surface area contributed by atoms with Gasteiger partial charge in [0.15, 0.2) is 0 Å². The van der Waals surface area contributed by atoms with Crippen molar-refractivity contribution < 1.29 is 0 Å². The second-order valence-corrected chi connectivity index (χ2v) is 3.00. The molecule has 0 unspecified atom stereocenters. The molecule has 0 aliphatic heterocycles. The first-order chi connectivity index (χ1) is 5.83. The summed E-state index contributed by atoms with van der Waals surface area (Å²) in [6, 6.07) is 10.5. The third-order valence-electron chi connectivity index (χ3n) is 1.94. The Labute approximate surface area is 74.0 Å². The lowest BCUT2D eigenvalue weighted by atomic mass is 10.1. The highest BCUT2D eigenvalue weighted by Crippen LogP contribution is 1.99. The van der Waals surface area contributed by atoms with Gasteiger partial charge in [-0.2, -0.15) is 0 Å². The van der Waals surface area contributed by atoms with Crippen LogP contribution in [0.5, 0.6) is 0 Å². The molecule has 0 fully saturated rings. The standard InChI is InChI=1S/C10H16N2/c1-12(9-11)8-7-10-5-3-2-4-6-10/h2-6H,7-9,11H2,1H3. The SMILES string of the molecule is CN(CN)CCc1ccccc1. The maximum atomic E-state index is 5.46. The van der Waals surface area contributed by atoms with E-state index in [2.05, 4.69) is 29.2 Å². The van der Waals surface area contributed by atoms with Gasteiger partial charge in [0.05, 0.1) is 0 Å². The fourth-order valence-corrected chi connectivity index (χ4v) is 1.06. The van der Waals surface area contributed by atoms with Crippen molar-refractivity contribution in [2.45, 2.75) is 6.42 Å². The van der Waals surface area contributed by atoms with Gasteiger partial charge in [-0.3, -0.25) is 4.90 Å². The smallest absolute Gasteiger partial charge is 0.0452 e. The van der Waals surface area contributed by atoms with E-state index >= 15 is 0 Å². The van der Waals surface area contributed by atoms with Crippen molar-refractivity contribution in [1.29, 1.82) is 0 Å². The summed E-state index contributed by atoms with van der Waals surface area (Å²) in [5, 5.41) is 0. The normalized spacial score (nSPS) is 10.6. The Hall–Kier alpha value is -0.860. The summed E-state index contributed by atoms with van der Waals surface area (Å²) in [7, 11) is 2.03. The zero-order valence-electron chi connectivity index (χ0n) is 7.53. The predicted molar refractivity (Wildman–Crippen MR) is 51.8 cm³/mol. The Bertz CT molecular complexity index is 208. The molecule has 0 saturated carbocycles. The van der Waals surface area contributed by atoms with Crippen molar-refractivity contribution in [2.24, 2.45) is 5.73 Å². The van der Waals surface area contributed by atoms with Gasteiger partial charge in [-0.25, -0.2) is 0 Å². The van der Waals surface area contributed by atoms with Crippen LogP contribution in [0, 0.1) is 0 Å². The average molecular weight is 164 g/mol. The molecule has 2 N–H and O–H groups in total. The van der Waals surface area contributed by atoms with Gasteiger partial charge in [0, 0.05) is 13.2 Å². The van der Waals surface area contributed by atoms with E-state index in [1.165, 1.54) is 5.56 Å². The molecular formula is C10H16N2. The van der Waals surface area contributed by atoms with Gasteiger partial charge in [-0.1, -0.05) is 30.3 Å². The van der Waals surface area contributed by atoms with Crippen LogP contribution in [0.15, 0.2) is 30.3 Å². The topological polar surface area (TPSA) is 29.3 Å². The molecule has 66 valence electrons. The van der Waals surface area contributed by atoms with Crippen LogP contribution < -0.4 is 5.73 Å². The van der Waals surface area contributed by atoms with Gasteiger partial charge >= 0.3 is 0 Å². The van der Waals surface area contributed by atoms with Crippen LogP contribution in [-0.2, 0) is 6.42 Å². The van der Waals surface area contributed by atoms with E-state index in [4.69, 9.17) is 5.73 Å². The zero-order chi connectivity index (χ0) is 8.81. The number of likely N-dealkylation sites (N-methyl/N-ethyl adjacent to an activating group) is 1. The maximum Gasteiger partial charge on any atom is 0.0452 e. The average Bonchev–Trinajstić information content (AvgIpc) is 2.16. The molecule has 2 heteroatoms. The lowest BCUT2D eigenvalue weighted by Crippen LogP contribution is -2.27. The Morgan fingerprint density at radius 1 is 1.25 bits per heavy atom. The first-order valence-corrected chi connectivity index (χ1v) is 4.25. The van der Waals surface area contributed by atoms with Gasteiger partial charge in [-0.15, -0.1) is 0 Å². The lowest BCUT2D eigenvalue weighted by molar-refractivity contribution is 0.349. The molecule has 0 aromatic heterocycles. The first-order valence-electron chi connectivity index (χ1n) is 4.25. The van der Waals surface area contributed by atoms with Crippen molar-refractivity contribution in [3.05, 3.63) is 35.9 Å². The van der Waals surface area contributed by atoms with Gasteiger partial charge in [0.25, 0.3) is 0 Å². The number of hydrogen-bond donors (Lipinski definition) is 1. The van der Waals surface area contributed by atoms with E-state index in [0.717, 1.165) is 13.0 Å². The third kappa shape index (κ3) is 3.03. The highest BCUT2D eigenvalue weighted by atomic mass is 15.1. The van der Waals surface area contributed by atoms with Crippen LogP contribution in [-0.4, -0.2) is 25.2 Å². The summed E-state index contributed by atoms with van der Waals surface area (Å²) in [6.07, 6.45) is 1.08. The minimum absolute atomic E-state index is 0.632. The third-order valence-corrected chi connectivity index (χ3v) is 1.94. The molecular weight excluding hydrogens is 148 g/mol. The second kappa shape index (κ2) is 4.91. The van der Waals surface area contributed by atoms with Crippen LogP contribution >= 0.6 is 0 Å². The van der Waals surface area contributed by atoms with Crippen LogP contribution in [0.4, 0.5) is 0 Å². The van der Waals surface area contributed by atoms with Gasteiger partial charge in [0.1, 0.15) is 0 Å². The van der Waals surface area contributed by atoms with E-state index in [9.17, 15) is 0 Å². The number of nitrogens with two attached hydrogens (primary N) is 1. The first kappa shape index (κ1) is 9.23. The minimum atomic E-state index is 0.632. The fourth-order valence-electron chi connectivity index (χ4n) is 1.06. The predicted octanol–water partition coefficient (Wildman–Crippen LogP) is 1.08. The number of nitrogens with zero attached hydrogens (tertiary/aromatic N) is 1. The summed E-state index contributed by atoms with van der Waals surface area (Å²) in [5.74, 6) is 0. The molecule has 0 heterocycles. The van der Waals surface area contributed by atoms with Crippen LogP contribution in [0.3, 0.4) is 0 Å². The van der Waals surface area contributed by atoms with Crippen molar-refractivity contribution in [3.8, 4) is 0 Å². The van der Waals surface area contributed by atoms with Gasteiger partial charge in [0.2, 0.25) is 0 Å². The van der Waals surface area contributed by atoms with Crippen molar-refractivity contribution in [1.82, 2.24) is 4.90 Å². The summed E-state index contributed by atoms with van der Waals surface area (Å²) >= 11 is 0. The monoisotopic (exact) mass is 164 g/mol. The number of hydrogen-bond acceptors (Lipinski definition) is 2. The molecule has 1 rings (SSSR count). The van der Waals surface area contributed by atoms with E-state index < -0.39 is 0 Å². The number of benzene rings is 1. The molecule has 1 aromatic carbocycles. The van der Waals surface area contributed by atoms with Crippen LogP contribution in [0.2, 0.25) is 0 Å². The molecule has 0 aliphatic carbocycles. The Morgan fingerprint density at radius 2 is 1.92 bits per heavy atom. The molecule has 0 atom stereocenters. The lowest BCUT2D eigenvalue weighted by Gasteiger charge is -2.12. The molecule has 0 spiro atoms. The molecule has 0 bridgehead atoms. The van der Waals surface area contributed by atoms with Gasteiger partial charge in [-0.05, 0) is 19.0 Å². The molecule has 0 saturated heterocycles. The van der Waals surface area contributed by atoms with Crippen molar-refractivity contribution in [2.75, 3.05) is 20.3 Å². The quantitative estimate of drug-likeness (QED) is 0.675. The zero-order valence-corrected chi connectivity index (χ0v) is 7.53. The van der Waals surface area contributed by atoms with Crippen LogP contribution in [0.1, 0.15) is 5.56 Å². The minimum Gasteiger partial charge on any atom is -0.318 e. The van der Waals surface area contributed by atoms with E-state index in [1.807, 2.05) is 13.1 Å². The van der Waals surface area contributed by atoms with E-state index in [-0.39, 0.29) is 0 Å². The van der Waals surface area contributed by atoms with Crippen molar-refractivity contribution in [3.63, 3.8) is 0 Å². The summed E-state index contributed by atoms with van der Waals surface area (Å²) in [4.78, 5) is 2.10. The molecule has 12 heavy (non-hydrogen) atoms. The van der Waals surface area contributed by atoms with Crippen molar-refractivity contribution >= 4 is 0 Å². The summed E-state index contributed by atoms with van der Waals surface area (Å²) < 4.78 is 0. The molecule has 0 amide bonds. The molecule has 1 aromatic rings. The van der Waals surface area contributed by atoms with E-state index in [1.54, 1.807) is 0 Å². The van der Waals surface area contributed by atoms with E-state index in [0.29, 0.717) is 6.67 Å². The van der Waals surface area contributed by atoms with Crippen LogP contribution in [0.25, 0.3) is 0 Å². The maximum absolute atomic E-state index is 5.46. The summed E-state index contributed by atoms with van der Waals surface area (Å²) in [6.45, 7) is 1.66. The highest BCUT2D eigenvalue weighted by Gasteiger charge is 1.94.